The van der Waals surface area contributed by atoms with Crippen LogP contribution in [0.5, 0.6) is 0 Å². The highest BCUT2D eigenvalue weighted by Gasteiger charge is 2.14. The minimum absolute atomic E-state index is 0.140. The molecule has 2 aromatic carbocycles. The lowest BCUT2D eigenvalue weighted by molar-refractivity contribution is -0.385. The fourth-order valence-corrected chi connectivity index (χ4v) is 2.01. The van der Waals surface area contributed by atoms with Gasteiger partial charge in [-0.3, -0.25) is 10.1 Å². The van der Waals surface area contributed by atoms with Crippen molar-refractivity contribution in [2.24, 2.45) is 0 Å². The maximum absolute atomic E-state index is 11.1. The van der Waals surface area contributed by atoms with E-state index < -0.39 is 4.92 Å². The zero-order chi connectivity index (χ0) is 16.1. The molecule has 0 aromatic heterocycles. The monoisotopic (exact) mass is 289 g/mol. The summed E-state index contributed by atoms with van der Waals surface area (Å²) in [4.78, 5) is 10.6. The van der Waals surface area contributed by atoms with E-state index in [4.69, 9.17) is 10.5 Å². The number of allylic oxidation sites excluding steroid dienone is 1. The molecule has 0 aliphatic carbocycles. The molecule has 0 heterocycles. The third-order valence-corrected chi connectivity index (χ3v) is 3.15. The first kappa shape index (κ1) is 15.0. The van der Waals surface area contributed by atoms with E-state index >= 15 is 0 Å². The van der Waals surface area contributed by atoms with Gasteiger partial charge in [0.1, 0.15) is 17.7 Å². The van der Waals surface area contributed by atoms with Crippen molar-refractivity contribution in [3.8, 4) is 23.3 Å². The highest BCUT2D eigenvalue weighted by molar-refractivity contribution is 5.75. The summed E-state index contributed by atoms with van der Waals surface area (Å²) < 4.78 is 0. The van der Waals surface area contributed by atoms with Gasteiger partial charge in [0.05, 0.1) is 10.5 Å². The predicted octanol–water partition coefficient (Wildman–Crippen LogP) is 4.00. The largest absolute Gasteiger partial charge is 0.276 e. The van der Waals surface area contributed by atoms with Crippen LogP contribution in [0.3, 0.4) is 0 Å². The smallest absolute Gasteiger partial charge is 0.258 e. The molecular formula is C17H11N3O2. The summed E-state index contributed by atoms with van der Waals surface area (Å²) in [7, 11) is 0. The van der Waals surface area contributed by atoms with Crippen LogP contribution in [0.4, 0.5) is 5.69 Å². The van der Waals surface area contributed by atoms with Gasteiger partial charge in [0, 0.05) is 6.07 Å². The van der Waals surface area contributed by atoms with Gasteiger partial charge in [0.15, 0.2) is 0 Å². The summed E-state index contributed by atoms with van der Waals surface area (Å²) in [5.74, 6) is 0. The molecule has 0 saturated carbocycles. The summed E-state index contributed by atoms with van der Waals surface area (Å²) >= 11 is 0. The quantitative estimate of drug-likeness (QED) is 0.485. The molecule has 0 atom stereocenters. The average Bonchev–Trinajstić information content (AvgIpc) is 2.53. The van der Waals surface area contributed by atoms with Crippen molar-refractivity contribution in [3.05, 3.63) is 69.3 Å². The van der Waals surface area contributed by atoms with Gasteiger partial charge in [-0.15, -0.1) is 0 Å². The maximum atomic E-state index is 11.1. The number of hydrogen-bond acceptors (Lipinski definition) is 4. The first-order chi connectivity index (χ1) is 10.5. The Morgan fingerprint density at radius 3 is 2.23 bits per heavy atom. The third-order valence-electron chi connectivity index (χ3n) is 3.15. The normalized spacial score (nSPS) is 9.41. The van der Waals surface area contributed by atoms with Crippen LogP contribution in [-0.4, -0.2) is 4.92 Å². The summed E-state index contributed by atoms with van der Waals surface area (Å²) in [5, 5.41) is 28.7. The predicted molar refractivity (Wildman–Crippen MR) is 82.5 cm³/mol. The lowest BCUT2D eigenvalue weighted by Crippen LogP contribution is -1.93. The van der Waals surface area contributed by atoms with Gasteiger partial charge in [-0.05, 0) is 36.3 Å². The van der Waals surface area contributed by atoms with Gasteiger partial charge in [-0.2, -0.15) is 10.5 Å². The van der Waals surface area contributed by atoms with Gasteiger partial charge in [0.25, 0.3) is 5.69 Å². The number of nitrogens with zero attached hydrogens (tertiary/aromatic N) is 3. The summed E-state index contributed by atoms with van der Waals surface area (Å²) in [5.41, 5.74) is 2.73. The number of aryl methyl sites for hydroxylation is 1. The van der Waals surface area contributed by atoms with E-state index in [9.17, 15) is 10.1 Å². The standard InChI is InChI=1S/C17H11N3O2/c1-12-2-4-14(5-3-12)15-6-7-17(20(21)22)16(9-15)8-13(10-18)11-19/h2-9H,1H3. The number of rotatable bonds is 3. The minimum Gasteiger partial charge on any atom is -0.258 e. The highest BCUT2D eigenvalue weighted by atomic mass is 16.6. The molecular weight excluding hydrogens is 278 g/mol. The molecule has 0 aliphatic heterocycles. The van der Waals surface area contributed by atoms with Crippen molar-refractivity contribution < 1.29 is 4.92 Å². The van der Waals surface area contributed by atoms with Gasteiger partial charge in [0.2, 0.25) is 0 Å². The number of hydrogen-bond donors (Lipinski definition) is 0. The fraction of sp³-hybridized carbons (Fsp3) is 0.0588. The summed E-state index contributed by atoms with van der Waals surface area (Å²) in [6.45, 7) is 1.97. The van der Waals surface area contributed by atoms with Crippen LogP contribution < -0.4 is 0 Å². The Kier molecular flexibility index (Phi) is 4.31. The lowest BCUT2D eigenvalue weighted by Gasteiger charge is -2.05. The zero-order valence-corrected chi connectivity index (χ0v) is 11.8. The number of benzene rings is 2. The molecule has 0 bridgehead atoms. The highest BCUT2D eigenvalue weighted by Crippen LogP contribution is 2.28. The first-order valence-electron chi connectivity index (χ1n) is 6.42. The Labute approximate surface area is 127 Å². The minimum atomic E-state index is -0.531. The Balaban J connectivity index is 2.60. The maximum Gasteiger partial charge on any atom is 0.276 e. The average molecular weight is 289 g/mol. The number of nitriles is 2. The van der Waals surface area contributed by atoms with Gasteiger partial charge in [-0.25, -0.2) is 0 Å². The summed E-state index contributed by atoms with van der Waals surface area (Å²) in [6, 6.07) is 15.8. The Hall–Kier alpha value is -3.44. The van der Waals surface area contributed by atoms with Gasteiger partial charge < -0.3 is 0 Å². The van der Waals surface area contributed by atoms with Crippen LogP contribution in [0.15, 0.2) is 48.0 Å². The molecule has 0 N–H and O–H groups in total. The van der Waals surface area contributed by atoms with Crippen molar-refractivity contribution in [3.63, 3.8) is 0 Å². The molecule has 0 saturated heterocycles. The van der Waals surface area contributed by atoms with Crippen molar-refractivity contribution in [1.29, 1.82) is 10.5 Å². The molecule has 106 valence electrons. The molecule has 5 heteroatoms. The molecule has 0 aliphatic rings. The van der Waals surface area contributed by atoms with Crippen molar-refractivity contribution in [2.75, 3.05) is 0 Å². The van der Waals surface area contributed by atoms with Crippen LogP contribution in [-0.2, 0) is 0 Å². The molecule has 22 heavy (non-hydrogen) atoms. The van der Waals surface area contributed by atoms with E-state index in [0.29, 0.717) is 0 Å². The first-order valence-corrected chi connectivity index (χ1v) is 6.42. The second-order valence-electron chi connectivity index (χ2n) is 4.68. The topological polar surface area (TPSA) is 90.7 Å². The van der Waals surface area contributed by atoms with Gasteiger partial charge >= 0.3 is 0 Å². The number of nitro groups is 1. The van der Waals surface area contributed by atoms with Crippen molar-refractivity contribution >= 4 is 11.8 Å². The van der Waals surface area contributed by atoms with Crippen LogP contribution in [0.25, 0.3) is 17.2 Å². The second kappa shape index (κ2) is 6.34. The van der Waals surface area contributed by atoms with Crippen LogP contribution >= 0.6 is 0 Å². The molecule has 0 fully saturated rings. The number of nitro benzene ring substituents is 1. The molecule has 0 amide bonds. The fourth-order valence-electron chi connectivity index (χ4n) is 2.01. The van der Waals surface area contributed by atoms with Crippen LogP contribution in [0, 0.1) is 39.7 Å². The molecule has 5 nitrogen and oxygen atoms in total. The van der Waals surface area contributed by atoms with Gasteiger partial charge in [-0.1, -0.05) is 29.8 Å². The SMILES string of the molecule is Cc1ccc(-c2ccc([N+](=O)[O-])c(C=C(C#N)C#N)c2)cc1. The molecule has 2 aromatic rings. The van der Waals surface area contributed by atoms with E-state index in [1.54, 1.807) is 24.3 Å². The lowest BCUT2D eigenvalue weighted by atomic mass is 10.00. The van der Waals surface area contributed by atoms with Crippen molar-refractivity contribution in [1.82, 2.24) is 0 Å². The van der Waals surface area contributed by atoms with E-state index in [1.807, 2.05) is 31.2 Å². The second-order valence-corrected chi connectivity index (χ2v) is 4.68. The third kappa shape index (κ3) is 3.17. The molecule has 0 spiro atoms. The Morgan fingerprint density at radius 1 is 1.09 bits per heavy atom. The zero-order valence-electron chi connectivity index (χ0n) is 11.8. The van der Waals surface area contributed by atoms with E-state index in [-0.39, 0.29) is 16.8 Å². The Morgan fingerprint density at radius 2 is 1.68 bits per heavy atom. The summed E-state index contributed by atoms with van der Waals surface area (Å²) in [6.07, 6.45) is 1.23. The molecule has 0 radical (unpaired) electrons. The van der Waals surface area contributed by atoms with Crippen molar-refractivity contribution in [2.45, 2.75) is 6.92 Å². The van der Waals surface area contributed by atoms with Crippen LogP contribution in [0.2, 0.25) is 0 Å². The molecule has 0 unspecified atom stereocenters. The van der Waals surface area contributed by atoms with E-state index in [1.165, 1.54) is 12.1 Å². The van der Waals surface area contributed by atoms with E-state index in [2.05, 4.69) is 0 Å². The van der Waals surface area contributed by atoms with Crippen LogP contribution in [0.1, 0.15) is 11.1 Å². The Bertz CT molecular complexity index is 822. The molecule has 2 rings (SSSR count). The van der Waals surface area contributed by atoms with E-state index in [0.717, 1.165) is 16.7 Å².